The van der Waals surface area contributed by atoms with Gasteiger partial charge in [0, 0.05) is 26.2 Å². The second kappa shape index (κ2) is 12.3. The summed E-state index contributed by atoms with van der Waals surface area (Å²) >= 11 is 0. The van der Waals surface area contributed by atoms with E-state index in [1.165, 1.54) is 0 Å². The lowest BCUT2D eigenvalue weighted by Gasteiger charge is -2.27. The summed E-state index contributed by atoms with van der Waals surface area (Å²) in [5.74, 6) is 1.59. The molecule has 5 heteroatoms. The van der Waals surface area contributed by atoms with Gasteiger partial charge in [0.15, 0.2) is 0 Å². The average molecular weight is 357 g/mol. The third kappa shape index (κ3) is 12.0. The van der Waals surface area contributed by atoms with Crippen LogP contribution in [-0.2, 0) is 14.3 Å². The number of hydrogen-bond donors (Lipinski definition) is 0. The molecule has 148 valence electrons. The van der Waals surface area contributed by atoms with Crippen molar-refractivity contribution < 1.29 is 14.3 Å². The van der Waals surface area contributed by atoms with Crippen LogP contribution in [0.3, 0.4) is 0 Å². The van der Waals surface area contributed by atoms with E-state index in [1.54, 1.807) is 0 Å². The lowest BCUT2D eigenvalue weighted by atomic mass is 10.1. The molecule has 0 aromatic rings. The first-order chi connectivity index (χ1) is 11.5. The highest BCUT2D eigenvalue weighted by Crippen LogP contribution is 2.06. The van der Waals surface area contributed by atoms with Gasteiger partial charge in [0.05, 0.1) is 0 Å². The number of ether oxygens (including phenoxy) is 1. The molecule has 0 spiro atoms. The van der Waals surface area contributed by atoms with Crippen LogP contribution in [0.4, 0.5) is 0 Å². The molecule has 0 N–H and O–H groups in total. The van der Waals surface area contributed by atoms with Crippen LogP contribution in [0.25, 0.3) is 0 Å². The van der Waals surface area contributed by atoms with Crippen molar-refractivity contribution in [1.29, 1.82) is 0 Å². The molecule has 0 radical (unpaired) electrons. The van der Waals surface area contributed by atoms with E-state index in [0.29, 0.717) is 23.7 Å². The van der Waals surface area contributed by atoms with Gasteiger partial charge in [-0.1, -0.05) is 55.4 Å². The topological polar surface area (TPSA) is 49.9 Å². The Morgan fingerprint density at radius 2 is 0.840 bits per heavy atom. The van der Waals surface area contributed by atoms with Crippen molar-refractivity contribution in [3.05, 3.63) is 0 Å². The van der Waals surface area contributed by atoms with Gasteiger partial charge < -0.3 is 14.5 Å². The summed E-state index contributed by atoms with van der Waals surface area (Å²) in [5.41, 5.74) is 0. The number of rotatable bonds is 12. The molecule has 5 nitrogen and oxygen atoms in total. The van der Waals surface area contributed by atoms with Gasteiger partial charge in [0.25, 0.3) is 0 Å². The normalized spacial score (nSPS) is 11.7. The predicted octanol–water partition coefficient (Wildman–Crippen LogP) is 3.28. The molecule has 0 aliphatic carbocycles. The third-order valence-corrected chi connectivity index (χ3v) is 3.50. The standard InChI is InChI=1S/C20H40N2O3/c1-15(2)9-21(10-16(3)4)19(23)13-25-14-20(24)22(11-17(5)6)12-18(7)8/h15-18H,9-14H2,1-8H3. The van der Waals surface area contributed by atoms with E-state index in [1.807, 2.05) is 9.80 Å². The van der Waals surface area contributed by atoms with Gasteiger partial charge in [-0.25, -0.2) is 0 Å². The highest BCUT2D eigenvalue weighted by atomic mass is 16.5. The smallest absolute Gasteiger partial charge is 0.248 e. The minimum Gasteiger partial charge on any atom is -0.362 e. The molecule has 0 rings (SSSR count). The number of hydrogen-bond acceptors (Lipinski definition) is 3. The lowest BCUT2D eigenvalue weighted by molar-refractivity contribution is -0.143. The number of carbonyl (C=O) groups is 2. The second-order valence-electron chi connectivity index (χ2n) is 8.67. The molecule has 0 aromatic heterocycles. The summed E-state index contributed by atoms with van der Waals surface area (Å²) in [6.45, 7) is 19.6. The zero-order valence-corrected chi connectivity index (χ0v) is 17.7. The maximum absolute atomic E-state index is 12.4. The Kier molecular flexibility index (Phi) is 11.7. The van der Waals surface area contributed by atoms with Gasteiger partial charge >= 0.3 is 0 Å². The van der Waals surface area contributed by atoms with E-state index in [4.69, 9.17) is 4.74 Å². The minimum atomic E-state index is -0.0329. The van der Waals surface area contributed by atoms with Gasteiger partial charge in [-0.05, 0) is 23.7 Å². The zero-order valence-electron chi connectivity index (χ0n) is 17.7. The molecule has 0 bridgehead atoms. The fourth-order valence-electron chi connectivity index (χ4n) is 2.73. The van der Waals surface area contributed by atoms with Crippen LogP contribution in [0.15, 0.2) is 0 Å². The van der Waals surface area contributed by atoms with Gasteiger partial charge in [-0.15, -0.1) is 0 Å². The van der Waals surface area contributed by atoms with Crippen molar-refractivity contribution in [3.63, 3.8) is 0 Å². The molecule has 0 aromatic carbocycles. The minimum absolute atomic E-state index is 0.0254. The van der Waals surface area contributed by atoms with E-state index < -0.39 is 0 Å². The van der Waals surface area contributed by atoms with Crippen molar-refractivity contribution in [2.45, 2.75) is 55.4 Å². The molecule has 0 saturated heterocycles. The molecule has 0 aliphatic heterocycles. The Hall–Kier alpha value is -1.10. The molecule has 0 unspecified atom stereocenters. The Labute approximate surface area is 155 Å². The van der Waals surface area contributed by atoms with Crippen molar-refractivity contribution >= 4 is 11.8 Å². The van der Waals surface area contributed by atoms with Crippen molar-refractivity contribution in [1.82, 2.24) is 9.80 Å². The zero-order chi connectivity index (χ0) is 19.6. The Balaban J connectivity index is 4.51. The highest BCUT2D eigenvalue weighted by molar-refractivity contribution is 5.79. The van der Waals surface area contributed by atoms with E-state index in [9.17, 15) is 9.59 Å². The van der Waals surface area contributed by atoms with Crippen LogP contribution in [0.2, 0.25) is 0 Å². The van der Waals surface area contributed by atoms with E-state index in [0.717, 1.165) is 26.2 Å². The summed E-state index contributed by atoms with van der Waals surface area (Å²) in [4.78, 5) is 28.5. The fourth-order valence-corrected chi connectivity index (χ4v) is 2.73. The maximum atomic E-state index is 12.4. The quantitative estimate of drug-likeness (QED) is 0.539. The first kappa shape index (κ1) is 23.9. The largest absolute Gasteiger partial charge is 0.362 e. The fraction of sp³-hybridized carbons (Fsp3) is 0.900. The third-order valence-electron chi connectivity index (χ3n) is 3.50. The van der Waals surface area contributed by atoms with Crippen LogP contribution in [-0.4, -0.2) is 61.0 Å². The van der Waals surface area contributed by atoms with Gasteiger partial charge in [-0.2, -0.15) is 0 Å². The van der Waals surface area contributed by atoms with E-state index in [-0.39, 0.29) is 25.0 Å². The van der Waals surface area contributed by atoms with Crippen LogP contribution in [0.5, 0.6) is 0 Å². The Bertz CT molecular complexity index is 336. The molecular weight excluding hydrogens is 316 g/mol. The molecule has 0 saturated carbocycles. The molecule has 25 heavy (non-hydrogen) atoms. The van der Waals surface area contributed by atoms with Crippen LogP contribution < -0.4 is 0 Å². The number of carbonyl (C=O) groups excluding carboxylic acids is 2. The molecule has 0 atom stereocenters. The molecule has 0 fully saturated rings. The SMILES string of the molecule is CC(C)CN(CC(C)C)C(=O)COCC(=O)N(CC(C)C)CC(C)C. The predicted molar refractivity (Wildman–Crippen MR) is 103 cm³/mol. The van der Waals surface area contributed by atoms with Crippen molar-refractivity contribution in [2.75, 3.05) is 39.4 Å². The molecule has 0 heterocycles. The Morgan fingerprint density at radius 1 is 0.600 bits per heavy atom. The molecular formula is C20H40N2O3. The summed E-state index contributed by atoms with van der Waals surface area (Å²) < 4.78 is 5.46. The van der Waals surface area contributed by atoms with Gasteiger partial charge in [0.1, 0.15) is 13.2 Å². The van der Waals surface area contributed by atoms with Crippen LogP contribution >= 0.6 is 0 Å². The lowest BCUT2D eigenvalue weighted by Crippen LogP contribution is -2.41. The summed E-state index contributed by atoms with van der Waals surface area (Å²) in [6, 6.07) is 0. The van der Waals surface area contributed by atoms with Crippen molar-refractivity contribution in [2.24, 2.45) is 23.7 Å². The highest BCUT2D eigenvalue weighted by Gasteiger charge is 2.19. The van der Waals surface area contributed by atoms with Gasteiger partial charge in [0.2, 0.25) is 11.8 Å². The first-order valence-corrected chi connectivity index (χ1v) is 9.66. The summed E-state index contributed by atoms with van der Waals surface area (Å²) in [7, 11) is 0. The molecule has 2 amide bonds. The van der Waals surface area contributed by atoms with Crippen LogP contribution in [0.1, 0.15) is 55.4 Å². The van der Waals surface area contributed by atoms with Gasteiger partial charge in [-0.3, -0.25) is 9.59 Å². The maximum Gasteiger partial charge on any atom is 0.248 e. The number of amides is 2. The second-order valence-corrected chi connectivity index (χ2v) is 8.67. The summed E-state index contributed by atoms with van der Waals surface area (Å²) in [6.07, 6.45) is 0. The average Bonchev–Trinajstić information content (AvgIpc) is 2.43. The van der Waals surface area contributed by atoms with E-state index in [2.05, 4.69) is 55.4 Å². The van der Waals surface area contributed by atoms with E-state index >= 15 is 0 Å². The number of nitrogens with zero attached hydrogens (tertiary/aromatic N) is 2. The first-order valence-electron chi connectivity index (χ1n) is 9.66. The van der Waals surface area contributed by atoms with Crippen molar-refractivity contribution in [3.8, 4) is 0 Å². The monoisotopic (exact) mass is 356 g/mol. The molecule has 0 aliphatic rings. The Morgan fingerprint density at radius 3 is 1.04 bits per heavy atom. The van der Waals surface area contributed by atoms with Crippen LogP contribution in [0, 0.1) is 23.7 Å². The summed E-state index contributed by atoms with van der Waals surface area (Å²) in [5, 5.41) is 0.